The van der Waals surface area contributed by atoms with Crippen LogP contribution in [0.2, 0.25) is 0 Å². The van der Waals surface area contributed by atoms with Gasteiger partial charge in [0.05, 0.1) is 11.9 Å². The molecule has 2 aromatic heterocycles. The number of hydrogen-bond acceptors (Lipinski definition) is 5. The van der Waals surface area contributed by atoms with Crippen molar-refractivity contribution in [1.82, 2.24) is 9.97 Å². The minimum atomic E-state index is -0.675. The molecule has 0 fully saturated rings. The van der Waals surface area contributed by atoms with Crippen molar-refractivity contribution in [3.63, 3.8) is 0 Å². The third-order valence-corrected chi connectivity index (χ3v) is 5.39. The molecule has 2 amide bonds. The van der Waals surface area contributed by atoms with Crippen LogP contribution in [0, 0.1) is 5.82 Å². The van der Waals surface area contributed by atoms with E-state index < -0.39 is 18.0 Å². The van der Waals surface area contributed by atoms with E-state index in [1.54, 1.807) is 44.3 Å². The summed E-state index contributed by atoms with van der Waals surface area (Å²) in [7, 11) is 1.66. The number of aromatic nitrogens is 2. The fraction of sp³-hybridized carbons (Fsp3) is 0.182. The van der Waals surface area contributed by atoms with Gasteiger partial charge < -0.3 is 9.64 Å². The number of fused-ring (bicyclic) bond motifs is 2. The Morgan fingerprint density at radius 2 is 1.87 bits per heavy atom. The number of nitrogens with zero attached hydrogens (tertiary/aromatic N) is 4. The van der Waals surface area contributed by atoms with E-state index in [9.17, 15) is 14.0 Å². The number of carbonyl (C=O) groups is 2. The Balaban J connectivity index is 1.64. The Hall–Kier alpha value is -3.81. The van der Waals surface area contributed by atoms with E-state index in [1.165, 1.54) is 15.9 Å². The van der Waals surface area contributed by atoms with Crippen LogP contribution in [0.5, 0.6) is 5.88 Å². The Morgan fingerprint density at radius 3 is 2.63 bits per heavy atom. The lowest BCUT2D eigenvalue weighted by Crippen LogP contribution is -2.42. The van der Waals surface area contributed by atoms with Crippen LogP contribution in [0.3, 0.4) is 0 Å². The van der Waals surface area contributed by atoms with Crippen molar-refractivity contribution in [2.75, 3.05) is 16.8 Å². The lowest BCUT2D eigenvalue weighted by Gasteiger charge is -2.31. The molecule has 0 radical (unpaired) electrons. The summed E-state index contributed by atoms with van der Waals surface area (Å²) in [4.78, 5) is 37.2. The van der Waals surface area contributed by atoms with Gasteiger partial charge in [-0.25, -0.2) is 4.39 Å². The largest absolute Gasteiger partial charge is 0.463 e. The molecule has 2 aliphatic rings. The molecule has 1 aromatic carbocycles. The van der Waals surface area contributed by atoms with Crippen LogP contribution in [0.25, 0.3) is 0 Å². The molecule has 2 atom stereocenters. The van der Waals surface area contributed by atoms with E-state index in [4.69, 9.17) is 4.74 Å². The SMILES string of the molecule is CC1Oc2nc(N3C(=O)c4ccccc4C3c3ccc(F)cn3)ccc2N(C)C1=O. The average molecular weight is 404 g/mol. The van der Waals surface area contributed by atoms with Gasteiger partial charge in [-0.2, -0.15) is 4.98 Å². The number of pyridine rings is 2. The van der Waals surface area contributed by atoms with Crippen molar-refractivity contribution in [2.45, 2.75) is 19.1 Å². The number of halogens is 1. The van der Waals surface area contributed by atoms with Gasteiger partial charge in [-0.05, 0) is 42.8 Å². The highest BCUT2D eigenvalue weighted by Crippen LogP contribution is 2.42. The van der Waals surface area contributed by atoms with Gasteiger partial charge in [-0.3, -0.25) is 19.5 Å². The molecule has 8 heteroatoms. The molecular formula is C22H17FN4O3. The van der Waals surface area contributed by atoms with E-state index in [0.29, 0.717) is 22.8 Å². The number of likely N-dealkylation sites (N-methyl/N-ethyl adjacent to an activating group) is 1. The molecular weight excluding hydrogens is 387 g/mol. The van der Waals surface area contributed by atoms with Crippen molar-refractivity contribution in [3.05, 3.63) is 77.4 Å². The number of ether oxygens (including phenoxy) is 1. The summed E-state index contributed by atoms with van der Waals surface area (Å²) in [5.74, 6) is -0.222. The first-order chi connectivity index (χ1) is 14.5. The predicted octanol–water partition coefficient (Wildman–Crippen LogP) is 3.11. The molecule has 0 N–H and O–H groups in total. The number of benzene rings is 1. The van der Waals surface area contributed by atoms with Crippen molar-refractivity contribution < 1.29 is 18.7 Å². The van der Waals surface area contributed by atoms with Crippen molar-refractivity contribution in [1.29, 1.82) is 0 Å². The molecule has 3 aromatic rings. The fourth-order valence-corrected chi connectivity index (χ4v) is 3.90. The van der Waals surface area contributed by atoms with Crippen molar-refractivity contribution in [2.24, 2.45) is 0 Å². The molecule has 2 aliphatic heterocycles. The van der Waals surface area contributed by atoms with Gasteiger partial charge in [-0.1, -0.05) is 18.2 Å². The van der Waals surface area contributed by atoms with Crippen LogP contribution in [0.15, 0.2) is 54.7 Å². The van der Waals surface area contributed by atoms with Gasteiger partial charge in [0.2, 0.25) is 5.88 Å². The van der Waals surface area contributed by atoms with Crippen LogP contribution < -0.4 is 14.5 Å². The number of hydrogen-bond donors (Lipinski definition) is 0. The quantitative estimate of drug-likeness (QED) is 0.656. The molecule has 4 heterocycles. The fourth-order valence-electron chi connectivity index (χ4n) is 3.90. The smallest absolute Gasteiger partial charge is 0.267 e. The first kappa shape index (κ1) is 18.2. The van der Waals surface area contributed by atoms with E-state index in [0.717, 1.165) is 11.8 Å². The maximum absolute atomic E-state index is 13.5. The van der Waals surface area contributed by atoms with E-state index >= 15 is 0 Å². The monoisotopic (exact) mass is 404 g/mol. The normalized spacial score (nSPS) is 20.1. The highest BCUT2D eigenvalue weighted by atomic mass is 19.1. The van der Waals surface area contributed by atoms with Crippen LogP contribution >= 0.6 is 0 Å². The Kier molecular flexibility index (Phi) is 4.02. The van der Waals surface area contributed by atoms with Crippen molar-refractivity contribution >= 4 is 23.3 Å². The molecule has 5 rings (SSSR count). The Bertz CT molecular complexity index is 1180. The molecule has 7 nitrogen and oxygen atoms in total. The predicted molar refractivity (Wildman–Crippen MR) is 107 cm³/mol. The minimum Gasteiger partial charge on any atom is -0.463 e. The second-order valence-electron chi connectivity index (χ2n) is 7.22. The first-order valence-electron chi connectivity index (χ1n) is 9.45. The Morgan fingerprint density at radius 1 is 1.07 bits per heavy atom. The third kappa shape index (κ3) is 2.64. The zero-order chi connectivity index (χ0) is 21.0. The highest BCUT2D eigenvalue weighted by molar-refractivity contribution is 6.11. The zero-order valence-electron chi connectivity index (χ0n) is 16.2. The van der Waals surface area contributed by atoms with Gasteiger partial charge in [0.25, 0.3) is 11.8 Å². The van der Waals surface area contributed by atoms with Crippen LogP contribution in [-0.4, -0.2) is 34.9 Å². The maximum Gasteiger partial charge on any atom is 0.267 e. The van der Waals surface area contributed by atoms with Gasteiger partial charge in [0, 0.05) is 12.6 Å². The number of carbonyl (C=O) groups excluding carboxylic acids is 2. The van der Waals surface area contributed by atoms with E-state index in [2.05, 4.69) is 9.97 Å². The summed E-state index contributed by atoms with van der Waals surface area (Å²) >= 11 is 0. The summed E-state index contributed by atoms with van der Waals surface area (Å²) in [6.45, 7) is 1.65. The summed E-state index contributed by atoms with van der Waals surface area (Å²) < 4.78 is 19.1. The van der Waals surface area contributed by atoms with Gasteiger partial charge in [0.15, 0.2) is 6.10 Å². The molecule has 0 bridgehead atoms. The van der Waals surface area contributed by atoms with Gasteiger partial charge >= 0.3 is 0 Å². The van der Waals surface area contributed by atoms with Crippen LogP contribution in [0.1, 0.15) is 34.6 Å². The maximum atomic E-state index is 13.5. The summed E-state index contributed by atoms with van der Waals surface area (Å²) in [5.41, 5.74) is 2.36. The van der Waals surface area contributed by atoms with Gasteiger partial charge in [-0.15, -0.1) is 0 Å². The second kappa shape index (κ2) is 6.62. The molecule has 30 heavy (non-hydrogen) atoms. The zero-order valence-corrected chi connectivity index (χ0v) is 16.2. The highest BCUT2D eigenvalue weighted by Gasteiger charge is 2.41. The van der Waals surface area contributed by atoms with Crippen molar-refractivity contribution in [3.8, 4) is 5.88 Å². The standard InChI is InChI=1S/C22H17FN4O3/c1-12-21(28)26(2)17-9-10-18(25-20(17)30-12)27-19(16-8-7-13(23)11-24-16)14-5-3-4-6-15(14)22(27)29/h3-12,19H,1-2H3. The van der Waals surface area contributed by atoms with Gasteiger partial charge in [0.1, 0.15) is 23.4 Å². The average Bonchev–Trinajstić information content (AvgIpc) is 3.05. The number of amides is 2. The Labute approximate surface area is 171 Å². The third-order valence-electron chi connectivity index (χ3n) is 5.39. The molecule has 0 saturated carbocycles. The topological polar surface area (TPSA) is 75.6 Å². The first-order valence-corrected chi connectivity index (χ1v) is 9.45. The lowest BCUT2D eigenvalue weighted by atomic mass is 10.0. The van der Waals surface area contributed by atoms with Crippen LogP contribution in [-0.2, 0) is 4.79 Å². The molecule has 0 aliphatic carbocycles. The molecule has 0 spiro atoms. The molecule has 0 saturated heterocycles. The molecule has 150 valence electrons. The summed E-state index contributed by atoms with van der Waals surface area (Å²) in [6.07, 6.45) is 0.455. The van der Waals surface area contributed by atoms with Crippen LogP contribution in [0.4, 0.5) is 15.9 Å². The molecule has 2 unspecified atom stereocenters. The summed E-state index contributed by atoms with van der Waals surface area (Å²) in [6, 6.07) is 12.9. The number of anilines is 2. The number of rotatable bonds is 2. The minimum absolute atomic E-state index is 0.171. The second-order valence-corrected chi connectivity index (χ2v) is 7.22. The van der Waals surface area contributed by atoms with E-state index in [-0.39, 0.29) is 17.7 Å². The van der Waals surface area contributed by atoms with E-state index in [1.807, 2.05) is 12.1 Å². The summed E-state index contributed by atoms with van der Waals surface area (Å²) in [5, 5.41) is 0. The lowest BCUT2D eigenvalue weighted by molar-refractivity contribution is -0.125.